The standard InChI is InChI=1S/C20H23ClN2O3/c21-16-11-13(7-10-18(16)24)14(3-1-2-4-19(22)25)17-9-8-15(12-5-6-12)20(26)23-17/h7-12,14,24H,1-6H2,(H2,22,25)(H,23,26). The lowest BCUT2D eigenvalue weighted by atomic mass is 9.89. The highest BCUT2D eigenvalue weighted by Gasteiger charge is 2.27. The number of nitrogens with two attached hydrogens (primary N) is 1. The van der Waals surface area contributed by atoms with Crippen molar-refractivity contribution in [2.75, 3.05) is 0 Å². The number of rotatable bonds is 8. The molecule has 1 amide bonds. The summed E-state index contributed by atoms with van der Waals surface area (Å²) in [6.07, 6.45) is 4.73. The van der Waals surface area contributed by atoms with Gasteiger partial charge in [0.1, 0.15) is 5.75 Å². The summed E-state index contributed by atoms with van der Waals surface area (Å²) in [5.41, 5.74) is 7.77. The SMILES string of the molecule is NC(=O)CCCCC(c1ccc(O)c(Cl)c1)c1ccc(C2CC2)c(=O)[nH]1. The molecule has 0 aliphatic heterocycles. The van der Waals surface area contributed by atoms with Crippen molar-refractivity contribution in [2.45, 2.75) is 50.4 Å². The maximum Gasteiger partial charge on any atom is 0.251 e. The second-order valence-corrected chi connectivity index (χ2v) is 7.36. The van der Waals surface area contributed by atoms with Gasteiger partial charge in [0, 0.05) is 23.6 Å². The van der Waals surface area contributed by atoms with Gasteiger partial charge in [-0.25, -0.2) is 0 Å². The lowest BCUT2D eigenvalue weighted by Crippen LogP contribution is -2.16. The predicted octanol–water partition coefficient (Wildman–Crippen LogP) is 3.79. The fourth-order valence-corrected chi connectivity index (χ4v) is 3.50. The molecule has 1 fully saturated rings. The number of hydrogen-bond donors (Lipinski definition) is 3. The van der Waals surface area contributed by atoms with E-state index < -0.39 is 0 Å². The quantitative estimate of drug-likeness (QED) is 0.613. The molecule has 1 atom stereocenters. The van der Waals surface area contributed by atoms with E-state index >= 15 is 0 Å². The summed E-state index contributed by atoms with van der Waals surface area (Å²) < 4.78 is 0. The number of pyridine rings is 1. The fraction of sp³-hybridized carbons (Fsp3) is 0.400. The second-order valence-electron chi connectivity index (χ2n) is 6.95. The molecule has 0 radical (unpaired) electrons. The van der Waals surface area contributed by atoms with Gasteiger partial charge in [-0.3, -0.25) is 9.59 Å². The summed E-state index contributed by atoms with van der Waals surface area (Å²) in [7, 11) is 0. The van der Waals surface area contributed by atoms with E-state index in [4.69, 9.17) is 17.3 Å². The number of amides is 1. The Bertz CT molecular complexity index is 858. The predicted molar refractivity (Wildman–Crippen MR) is 102 cm³/mol. The average molecular weight is 375 g/mol. The topological polar surface area (TPSA) is 96.2 Å². The van der Waals surface area contributed by atoms with Gasteiger partial charge in [0.25, 0.3) is 5.56 Å². The molecule has 26 heavy (non-hydrogen) atoms. The van der Waals surface area contributed by atoms with Crippen molar-refractivity contribution in [1.29, 1.82) is 0 Å². The molecule has 138 valence electrons. The monoisotopic (exact) mass is 374 g/mol. The van der Waals surface area contributed by atoms with Gasteiger partial charge in [0.2, 0.25) is 5.91 Å². The van der Waals surface area contributed by atoms with Gasteiger partial charge in [0.05, 0.1) is 5.02 Å². The third kappa shape index (κ3) is 4.47. The number of primary amides is 1. The van der Waals surface area contributed by atoms with Crippen LogP contribution in [0.25, 0.3) is 0 Å². The van der Waals surface area contributed by atoms with Gasteiger partial charge in [-0.2, -0.15) is 0 Å². The summed E-state index contributed by atoms with van der Waals surface area (Å²) in [5, 5.41) is 9.96. The van der Waals surface area contributed by atoms with Crippen molar-refractivity contribution < 1.29 is 9.90 Å². The Kier molecular flexibility index (Phi) is 5.67. The van der Waals surface area contributed by atoms with E-state index in [1.165, 1.54) is 0 Å². The molecule has 0 spiro atoms. The number of carbonyl (C=O) groups excluding carboxylic acids is 1. The summed E-state index contributed by atoms with van der Waals surface area (Å²) in [5.74, 6) is 0.0451. The zero-order chi connectivity index (χ0) is 18.7. The third-order valence-corrected chi connectivity index (χ3v) is 5.20. The van der Waals surface area contributed by atoms with Crippen LogP contribution < -0.4 is 11.3 Å². The van der Waals surface area contributed by atoms with Crippen LogP contribution in [0.5, 0.6) is 5.75 Å². The minimum Gasteiger partial charge on any atom is -0.506 e. The van der Waals surface area contributed by atoms with Crippen molar-refractivity contribution in [3.63, 3.8) is 0 Å². The molecule has 2 aromatic rings. The molecule has 4 N–H and O–H groups in total. The number of hydrogen-bond acceptors (Lipinski definition) is 3. The van der Waals surface area contributed by atoms with Crippen LogP contribution in [0.15, 0.2) is 35.1 Å². The van der Waals surface area contributed by atoms with E-state index in [-0.39, 0.29) is 28.2 Å². The van der Waals surface area contributed by atoms with Crippen LogP contribution in [-0.4, -0.2) is 16.0 Å². The number of aromatic amines is 1. The number of carbonyl (C=O) groups is 1. The Hall–Kier alpha value is -2.27. The van der Waals surface area contributed by atoms with E-state index in [0.717, 1.165) is 42.5 Å². The highest BCUT2D eigenvalue weighted by molar-refractivity contribution is 6.32. The van der Waals surface area contributed by atoms with E-state index in [2.05, 4.69) is 4.98 Å². The molecule has 1 heterocycles. The second kappa shape index (κ2) is 7.96. The molecule has 3 rings (SSSR count). The van der Waals surface area contributed by atoms with Crippen LogP contribution in [0.2, 0.25) is 5.02 Å². The first-order valence-electron chi connectivity index (χ1n) is 8.95. The third-order valence-electron chi connectivity index (χ3n) is 4.90. The Morgan fingerprint density at radius 1 is 1.27 bits per heavy atom. The number of phenols is 1. The van der Waals surface area contributed by atoms with E-state index in [1.807, 2.05) is 18.2 Å². The summed E-state index contributed by atoms with van der Waals surface area (Å²) in [6, 6.07) is 8.99. The largest absolute Gasteiger partial charge is 0.506 e. The molecular weight excluding hydrogens is 352 g/mol. The molecular formula is C20H23ClN2O3. The zero-order valence-electron chi connectivity index (χ0n) is 14.5. The first-order chi connectivity index (χ1) is 12.5. The summed E-state index contributed by atoms with van der Waals surface area (Å²) in [6.45, 7) is 0. The molecule has 0 bridgehead atoms. The number of nitrogens with one attached hydrogen (secondary N) is 1. The lowest BCUT2D eigenvalue weighted by Gasteiger charge is -2.19. The number of aromatic hydroxyl groups is 1. The van der Waals surface area contributed by atoms with E-state index in [9.17, 15) is 14.7 Å². The minimum atomic E-state index is -0.309. The maximum absolute atomic E-state index is 12.4. The normalized spacial score (nSPS) is 15.0. The molecule has 6 heteroatoms. The van der Waals surface area contributed by atoms with E-state index in [0.29, 0.717) is 18.8 Å². The Balaban J connectivity index is 1.86. The van der Waals surface area contributed by atoms with Crippen molar-refractivity contribution in [3.05, 3.63) is 62.5 Å². The van der Waals surface area contributed by atoms with Crippen LogP contribution in [0.1, 0.15) is 67.2 Å². The first-order valence-corrected chi connectivity index (χ1v) is 9.33. The molecule has 1 saturated carbocycles. The van der Waals surface area contributed by atoms with Crippen molar-refractivity contribution in [1.82, 2.24) is 4.98 Å². The number of halogens is 1. The molecule has 1 unspecified atom stereocenters. The molecule has 1 aromatic heterocycles. The number of benzene rings is 1. The van der Waals surface area contributed by atoms with Crippen LogP contribution >= 0.6 is 11.6 Å². The van der Waals surface area contributed by atoms with Crippen molar-refractivity contribution in [2.24, 2.45) is 5.73 Å². The van der Waals surface area contributed by atoms with Crippen LogP contribution in [0, 0.1) is 0 Å². The van der Waals surface area contributed by atoms with Gasteiger partial charge in [-0.1, -0.05) is 30.2 Å². The van der Waals surface area contributed by atoms with E-state index in [1.54, 1.807) is 12.1 Å². The zero-order valence-corrected chi connectivity index (χ0v) is 15.3. The Labute approximate surface area is 157 Å². The number of H-pyrrole nitrogens is 1. The Morgan fingerprint density at radius 3 is 2.65 bits per heavy atom. The number of phenolic OH excluding ortho intramolecular Hbond substituents is 1. The average Bonchev–Trinajstić information content (AvgIpc) is 3.42. The summed E-state index contributed by atoms with van der Waals surface area (Å²) >= 11 is 6.07. The molecule has 1 aromatic carbocycles. The molecule has 5 nitrogen and oxygen atoms in total. The van der Waals surface area contributed by atoms with Gasteiger partial charge in [-0.15, -0.1) is 0 Å². The van der Waals surface area contributed by atoms with Crippen molar-refractivity contribution in [3.8, 4) is 5.75 Å². The van der Waals surface area contributed by atoms with Crippen LogP contribution in [-0.2, 0) is 4.79 Å². The lowest BCUT2D eigenvalue weighted by molar-refractivity contribution is -0.118. The molecule has 1 aliphatic rings. The highest BCUT2D eigenvalue weighted by atomic mass is 35.5. The Morgan fingerprint density at radius 2 is 2.04 bits per heavy atom. The van der Waals surface area contributed by atoms with Gasteiger partial charge >= 0.3 is 0 Å². The highest BCUT2D eigenvalue weighted by Crippen LogP contribution is 2.39. The minimum absolute atomic E-state index is 0.0282. The first kappa shape index (κ1) is 18.5. The van der Waals surface area contributed by atoms with Crippen LogP contribution in [0.3, 0.4) is 0 Å². The molecule has 0 saturated heterocycles. The smallest absolute Gasteiger partial charge is 0.251 e. The van der Waals surface area contributed by atoms with Gasteiger partial charge in [-0.05, 0) is 55.4 Å². The van der Waals surface area contributed by atoms with Gasteiger partial charge in [0.15, 0.2) is 0 Å². The molecule has 1 aliphatic carbocycles. The fourth-order valence-electron chi connectivity index (χ4n) is 3.31. The number of aromatic nitrogens is 1. The maximum atomic E-state index is 12.4. The van der Waals surface area contributed by atoms with Crippen molar-refractivity contribution >= 4 is 17.5 Å². The van der Waals surface area contributed by atoms with Gasteiger partial charge < -0.3 is 15.8 Å². The number of unbranched alkanes of at least 4 members (excludes halogenated alkanes) is 1. The summed E-state index contributed by atoms with van der Waals surface area (Å²) in [4.78, 5) is 26.4. The van der Waals surface area contributed by atoms with Crippen LogP contribution in [0.4, 0.5) is 0 Å².